The molecule has 0 radical (unpaired) electrons. The molecule has 0 fully saturated rings. The number of carbonyl (C=O) groups is 1. The summed E-state index contributed by atoms with van der Waals surface area (Å²) < 4.78 is 0. The molecule has 1 unspecified atom stereocenters. The minimum atomic E-state index is -0.186. The maximum absolute atomic E-state index is 11.7. The lowest BCUT2D eigenvalue weighted by atomic mass is 10.1. The fourth-order valence-corrected chi connectivity index (χ4v) is 2.45. The van der Waals surface area contributed by atoms with Gasteiger partial charge in [-0.1, -0.05) is 29.8 Å². The van der Waals surface area contributed by atoms with Crippen molar-refractivity contribution in [1.29, 1.82) is 0 Å². The van der Waals surface area contributed by atoms with Gasteiger partial charge in [0.25, 0.3) is 0 Å². The summed E-state index contributed by atoms with van der Waals surface area (Å²) in [6.45, 7) is 2.63. The van der Waals surface area contributed by atoms with Gasteiger partial charge in [0.1, 0.15) is 0 Å². The van der Waals surface area contributed by atoms with Gasteiger partial charge in [0.15, 0.2) is 0 Å². The number of aliphatic hydroxyl groups excluding tert-OH is 1. The predicted octanol–water partition coefficient (Wildman–Crippen LogP) is 1.91. The lowest BCUT2D eigenvalue weighted by molar-refractivity contribution is 0.231. The minimum absolute atomic E-state index is 0.0116. The SMILES string of the molecule is CSCC(CCO)NC(=O)NCc1cccc(C)c1. The molecule has 0 heterocycles. The highest BCUT2D eigenvalue weighted by atomic mass is 32.2. The third kappa shape index (κ3) is 6.50. The first-order valence-corrected chi connectivity index (χ1v) is 7.74. The smallest absolute Gasteiger partial charge is 0.315 e. The van der Waals surface area contributed by atoms with E-state index < -0.39 is 0 Å². The molecule has 0 saturated heterocycles. The molecule has 1 rings (SSSR count). The summed E-state index contributed by atoms with van der Waals surface area (Å²) in [5.41, 5.74) is 2.26. The van der Waals surface area contributed by atoms with Crippen LogP contribution in [0, 0.1) is 6.92 Å². The molecule has 0 aliphatic carbocycles. The van der Waals surface area contributed by atoms with Crippen molar-refractivity contribution in [2.75, 3.05) is 18.6 Å². The molecule has 2 amide bonds. The van der Waals surface area contributed by atoms with E-state index in [1.807, 2.05) is 37.4 Å². The third-order valence-corrected chi connectivity index (χ3v) is 3.45. The van der Waals surface area contributed by atoms with Gasteiger partial charge in [-0.15, -0.1) is 0 Å². The second kappa shape index (κ2) is 8.82. The average molecular weight is 282 g/mol. The monoisotopic (exact) mass is 282 g/mol. The number of hydrogen-bond acceptors (Lipinski definition) is 3. The van der Waals surface area contributed by atoms with Crippen LogP contribution in [-0.4, -0.2) is 35.8 Å². The number of nitrogens with one attached hydrogen (secondary N) is 2. The summed E-state index contributed by atoms with van der Waals surface area (Å²) >= 11 is 1.65. The lowest BCUT2D eigenvalue weighted by Crippen LogP contribution is -2.43. The van der Waals surface area contributed by atoms with E-state index in [2.05, 4.69) is 10.6 Å². The summed E-state index contributed by atoms with van der Waals surface area (Å²) in [7, 11) is 0. The van der Waals surface area contributed by atoms with Crippen molar-refractivity contribution < 1.29 is 9.90 Å². The Balaban J connectivity index is 2.37. The van der Waals surface area contributed by atoms with Gasteiger partial charge < -0.3 is 15.7 Å². The van der Waals surface area contributed by atoms with Gasteiger partial charge in [0, 0.05) is 24.9 Å². The van der Waals surface area contributed by atoms with Crippen LogP contribution in [0.4, 0.5) is 4.79 Å². The second-order valence-corrected chi connectivity index (χ2v) is 5.39. The van der Waals surface area contributed by atoms with E-state index in [4.69, 9.17) is 5.11 Å². The fourth-order valence-electron chi connectivity index (χ4n) is 1.80. The maximum atomic E-state index is 11.7. The van der Waals surface area contributed by atoms with Gasteiger partial charge in [-0.2, -0.15) is 11.8 Å². The number of aliphatic hydroxyl groups is 1. The lowest BCUT2D eigenvalue weighted by Gasteiger charge is -2.17. The number of benzene rings is 1. The number of rotatable bonds is 7. The summed E-state index contributed by atoms with van der Waals surface area (Å²) in [4.78, 5) is 11.7. The van der Waals surface area contributed by atoms with E-state index >= 15 is 0 Å². The first-order chi connectivity index (χ1) is 9.15. The Labute approximate surface area is 119 Å². The number of carbonyl (C=O) groups excluding carboxylic acids is 1. The number of thioether (sulfide) groups is 1. The standard InChI is InChI=1S/C14H22N2O2S/c1-11-4-3-5-12(8-11)9-15-14(18)16-13(6-7-17)10-19-2/h3-5,8,13,17H,6-7,9-10H2,1-2H3,(H2,15,16,18). The topological polar surface area (TPSA) is 61.4 Å². The Morgan fingerprint density at radius 2 is 2.26 bits per heavy atom. The van der Waals surface area contributed by atoms with E-state index in [1.54, 1.807) is 11.8 Å². The van der Waals surface area contributed by atoms with Crippen LogP contribution in [0.25, 0.3) is 0 Å². The molecular formula is C14H22N2O2S. The van der Waals surface area contributed by atoms with Crippen molar-refractivity contribution in [1.82, 2.24) is 10.6 Å². The van der Waals surface area contributed by atoms with Crippen molar-refractivity contribution in [2.45, 2.75) is 25.9 Å². The zero-order chi connectivity index (χ0) is 14.1. The Hall–Kier alpha value is -1.20. The van der Waals surface area contributed by atoms with Crippen molar-refractivity contribution in [2.24, 2.45) is 0 Å². The first kappa shape index (κ1) is 15.9. The van der Waals surface area contributed by atoms with Gasteiger partial charge in [-0.3, -0.25) is 0 Å². The Morgan fingerprint density at radius 3 is 2.89 bits per heavy atom. The largest absolute Gasteiger partial charge is 0.396 e. The maximum Gasteiger partial charge on any atom is 0.315 e. The summed E-state index contributed by atoms with van der Waals surface area (Å²) in [6.07, 6.45) is 2.56. The minimum Gasteiger partial charge on any atom is -0.396 e. The van der Waals surface area contributed by atoms with Crippen LogP contribution in [0.1, 0.15) is 17.5 Å². The van der Waals surface area contributed by atoms with Crippen LogP contribution in [0.15, 0.2) is 24.3 Å². The molecule has 0 aliphatic heterocycles. The molecule has 1 atom stereocenters. The van der Waals surface area contributed by atoms with E-state index in [1.165, 1.54) is 5.56 Å². The van der Waals surface area contributed by atoms with Crippen LogP contribution < -0.4 is 10.6 Å². The van der Waals surface area contributed by atoms with E-state index in [9.17, 15) is 4.79 Å². The fraction of sp³-hybridized carbons (Fsp3) is 0.500. The van der Waals surface area contributed by atoms with Crippen molar-refractivity contribution in [3.63, 3.8) is 0 Å². The molecule has 3 N–H and O–H groups in total. The Morgan fingerprint density at radius 1 is 1.47 bits per heavy atom. The molecule has 0 saturated carbocycles. The van der Waals surface area contributed by atoms with Crippen molar-refractivity contribution >= 4 is 17.8 Å². The van der Waals surface area contributed by atoms with Crippen LogP contribution in [-0.2, 0) is 6.54 Å². The highest BCUT2D eigenvalue weighted by molar-refractivity contribution is 7.98. The number of aryl methyl sites for hydroxylation is 1. The van der Waals surface area contributed by atoms with Gasteiger partial charge in [0.05, 0.1) is 0 Å². The van der Waals surface area contributed by atoms with Crippen LogP contribution in [0.3, 0.4) is 0 Å². The molecular weight excluding hydrogens is 260 g/mol. The molecule has 4 nitrogen and oxygen atoms in total. The van der Waals surface area contributed by atoms with Crippen LogP contribution >= 0.6 is 11.8 Å². The zero-order valence-corrected chi connectivity index (χ0v) is 12.3. The highest BCUT2D eigenvalue weighted by Gasteiger charge is 2.10. The first-order valence-electron chi connectivity index (χ1n) is 6.35. The molecule has 0 aliphatic rings. The number of urea groups is 1. The number of hydrogen-bond donors (Lipinski definition) is 3. The van der Waals surface area contributed by atoms with Gasteiger partial charge >= 0.3 is 6.03 Å². The number of amides is 2. The Kier molecular flexibility index (Phi) is 7.36. The molecule has 1 aromatic rings. The van der Waals surface area contributed by atoms with Gasteiger partial charge in [0.2, 0.25) is 0 Å². The molecule has 106 valence electrons. The summed E-state index contributed by atoms with van der Waals surface area (Å²) in [6, 6.07) is 7.87. The molecule has 1 aromatic carbocycles. The van der Waals surface area contributed by atoms with Crippen molar-refractivity contribution in [3.8, 4) is 0 Å². The van der Waals surface area contributed by atoms with Crippen molar-refractivity contribution in [3.05, 3.63) is 35.4 Å². The predicted molar refractivity (Wildman–Crippen MR) is 80.4 cm³/mol. The van der Waals surface area contributed by atoms with E-state index in [0.717, 1.165) is 11.3 Å². The third-order valence-electron chi connectivity index (χ3n) is 2.72. The zero-order valence-electron chi connectivity index (χ0n) is 11.5. The average Bonchev–Trinajstić information content (AvgIpc) is 2.37. The highest BCUT2D eigenvalue weighted by Crippen LogP contribution is 2.04. The van der Waals surface area contributed by atoms with Gasteiger partial charge in [-0.25, -0.2) is 4.79 Å². The molecule has 19 heavy (non-hydrogen) atoms. The van der Waals surface area contributed by atoms with Crippen LogP contribution in [0.5, 0.6) is 0 Å². The van der Waals surface area contributed by atoms with Gasteiger partial charge in [-0.05, 0) is 25.2 Å². The second-order valence-electron chi connectivity index (χ2n) is 4.48. The molecule has 0 bridgehead atoms. The Bertz CT molecular complexity index is 393. The molecule has 0 aromatic heterocycles. The van der Waals surface area contributed by atoms with Crippen LogP contribution in [0.2, 0.25) is 0 Å². The molecule has 0 spiro atoms. The molecule has 5 heteroatoms. The van der Waals surface area contributed by atoms with E-state index in [-0.39, 0.29) is 18.7 Å². The summed E-state index contributed by atoms with van der Waals surface area (Å²) in [5.74, 6) is 0.804. The normalized spacial score (nSPS) is 11.9. The summed E-state index contributed by atoms with van der Waals surface area (Å²) in [5, 5.41) is 14.6. The van der Waals surface area contributed by atoms with E-state index in [0.29, 0.717) is 13.0 Å². The quantitative estimate of drug-likeness (QED) is 0.716.